The highest BCUT2D eigenvalue weighted by molar-refractivity contribution is 5.70. The van der Waals surface area contributed by atoms with Gasteiger partial charge in [-0.1, -0.05) is 78.6 Å². The Balaban J connectivity index is 2.10. The van der Waals surface area contributed by atoms with Gasteiger partial charge in [0.1, 0.15) is 6.61 Å². The van der Waals surface area contributed by atoms with Crippen LogP contribution in [0.15, 0.2) is 4.99 Å². The zero-order valence-corrected chi connectivity index (χ0v) is 18.9. The molecule has 2 atom stereocenters. The number of carbonyl (C=O) groups excluding carboxylic acids is 1. The minimum absolute atomic E-state index is 0.0646. The molecule has 1 aliphatic rings. The molecule has 2 N–H and O–H groups in total. The van der Waals surface area contributed by atoms with E-state index < -0.39 is 0 Å². The van der Waals surface area contributed by atoms with Crippen molar-refractivity contribution in [2.24, 2.45) is 22.1 Å². The summed E-state index contributed by atoms with van der Waals surface area (Å²) in [6.07, 6.45) is 18.6. The summed E-state index contributed by atoms with van der Waals surface area (Å²) in [6, 6.07) is 0.388. The van der Waals surface area contributed by atoms with Gasteiger partial charge in [0, 0.05) is 24.1 Å². The van der Waals surface area contributed by atoms with Gasteiger partial charge in [-0.15, -0.1) is 0 Å². The van der Waals surface area contributed by atoms with Crippen LogP contribution in [0.5, 0.6) is 0 Å². The maximum atomic E-state index is 12.0. The summed E-state index contributed by atoms with van der Waals surface area (Å²) in [5.41, 5.74) is 5.61. The molecule has 0 aromatic carbocycles. The van der Waals surface area contributed by atoms with E-state index in [4.69, 9.17) is 15.5 Å². The Morgan fingerprint density at radius 2 is 1.71 bits per heavy atom. The predicted octanol–water partition coefficient (Wildman–Crippen LogP) is 6.07. The highest BCUT2D eigenvalue weighted by atomic mass is 16.5. The Morgan fingerprint density at radius 1 is 1.07 bits per heavy atom. The standard InChI is InChI=1S/C24H46N2O2/c1-4-5-6-7-8-9-10-11-12-16-23(27)28-20-24(2,3)19-26-22-15-13-14-21(17-22)18-25/h19,21-22H,4-18,20,25H2,1-3H3. The molecule has 0 heterocycles. The lowest BCUT2D eigenvalue weighted by Gasteiger charge is -2.27. The summed E-state index contributed by atoms with van der Waals surface area (Å²) >= 11 is 0. The van der Waals surface area contributed by atoms with Crippen molar-refractivity contribution in [2.45, 2.75) is 117 Å². The quantitative estimate of drug-likeness (QED) is 0.208. The number of hydrogen-bond donors (Lipinski definition) is 1. The van der Waals surface area contributed by atoms with Crippen molar-refractivity contribution in [2.75, 3.05) is 13.2 Å². The lowest BCUT2D eigenvalue weighted by Crippen LogP contribution is -2.27. The van der Waals surface area contributed by atoms with Crippen molar-refractivity contribution < 1.29 is 9.53 Å². The number of hydrogen-bond acceptors (Lipinski definition) is 4. The second-order valence-corrected chi connectivity index (χ2v) is 9.43. The molecule has 1 rings (SSSR count). The van der Waals surface area contributed by atoms with Crippen LogP contribution in [0.4, 0.5) is 0 Å². The summed E-state index contributed by atoms with van der Waals surface area (Å²) in [7, 11) is 0. The Labute approximate surface area is 174 Å². The molecular formula is C24H46N2O2. The van der Waals surface area contributed by atoms with Crippen LogP contribution < -0.4 is 5.73 Å². The smallest absolute Gasteiger partial charge is 0.305 e. The van der Waals surface area contributed by atoms with E-state index in [1.807, 2.05) is 6.21 Å². The number of rotatable bonds is 15. The molecule has 0 aliphatic heterocycles. The minimum atomic E-state index is -0.205. The van der Waals surface area contributed by atoms with Gasteiger partial charge in [-0.25, -0.2) is 0 Å². The molecule has 0 aromatic rings. The fourth-order valence-electron chi connectivity index (χ4n) is 3.88. The Morgan fingerprint density at radius 3 is 2.36 bits per heavy atom. The Bertz CT molecular complexity index is 434. The Kier molecular flexibility index (Phi) is 13.5. The molecule has 1 fully saturated rings. The van der Waals surface area contributed by atoms with Crippen LogP contribution in [0, 0.1) is 11.3 Å². The third kappa shape index (κ3) is 12.5. The van der Waals surface area contributed by atoms with Gasteiger partial charge < -0.3 is 10.5 Å². The molecule has 164 valence electrons. The van der Waals surface area contributed by atoms with E-state index in [0.29, 0.717) is 25.0 Å². The van der Waals surface area contributed by atoms with E-state index >= 15 is 0 Å². The average molecular weight is 395 g/mol. The largest absolute Gasteiger partial charge is 0.465 e. The van der Waals surface area contributed by atoms with Crippen LogP contribution in [-0.2, 0) is 9.53 Å². The van der Waals surface area contributed by atoms with Gasteiger partial charge in [-0.3, -0.25) is 9.79 Å². The topological polar surface area (TPSA) is 64.7 Å². The van der Waals surface area contributed by atoms with E-state index in [-0.39, 0.29) is 11.4 Å². The zero-order chi connectivity index (χ0) is 20.7. The second kappa shape index (κ2) is 15.0. The molecule has 0 bridgehead atoms. The zero-order valence-electron chi connectivity index (χ0n) is 18.9. The molecule has 4 nitrogen and oxygen atoms in total. The van der Waals surface area contributed by atoms with Crippen LogP contribution in [0.3, 0.4) is 0 Å². The molecule has 1 saturated carbocycles. The second-order valence-electron chi connectivity index (χ2n) is 9.43. The number of nitrogens with zero attached hydrogens (tertiary/aromatic N) is 1. The summed E-state index contributed by atoms with van der Waals surface area (Å²) in [5.74, 6) is 0.554. The summed E-state index contributed by atoms with van der Waals surface area (Å²) < 4.78 is 5.51. The molecule has 0 radical (unpaired) electrons. The monoisotopic (exact) mass is 394 g/mol. The third-order valence-electron chi connectivity index (χ3n) is 5.81. The fourth-order valence-corrected chi connectivity index (χ4v) is 3.88. The van der Waals surface area contributed by atoms with Gasteiger partial charge in [-0.05, 0) is 38.1 Å². The van der Waals surface area contributed by atoms with Crippen LogP contribution in [0.25, 0.3) is 0 Å². The van der Waals surface area contributed by atoms with Crippen molar-refractivity contribution in [3.8, 4) is 0 Å². The highest BCUT2D eigenvalue weighted by Gasteiger charge is 2.22. The van der Waals surface area contributed by atoms with Gasteiger partial charge in [0.15, 0.2) is 0 Å². The first kappa shape index (κ1) is 25.1. The van der Waals surface area contributed by atoms with Crippen LogP contribution in [0.2, 0.25) is 0 Å². The van der Waals surface area contributed by atoms with Gasteiger partial charge in [-0.2, -0.15) is 0 Å². The molecule has 0 amide bonds. The first-order chi connectivity index (χ1) is 13.5. The number of carbonyl (C=O) groups is 1. The van der Waals surface area contributed by atoms with E-state index in [2.05, 4.69) is 20.8 Å². The van der Waals surface area contributed by atoms with Crippen molar-refractivity contribution in [3.63, 3.8) is 0 Å². The van der Waals surface area contributed by atoms with Crippen LogP contribution >= 0.6 is 0 Å². The highest BCUT2D eigenvalue weighted by Crippen LogP contribution is 2.26. The SMILES string of the molecule is CCCCCCCCCCCC(=O)OCC(C)(C)C=NC1CCCC(CN)C1. The molecule has 2 unspecified atom stereocenters. The molecule has 4 heteroatoms. The predicted molar refractivity (Wildman–Crippen MR) is 120 cm³/mol. The van der Waals surface area contributed by atoms with E-state index in [9.17, 15) is 4.79 Å². The first-order valence-electron chi connectivity index (χ1n) is 11.9. The molecule has 0 saturated heterocycles. The third-order valence-corrected chi connectivity index (χ3v) is 5.81. The van der Waals surface area contributed by atoms with Crippen LogP contribution in [-0.4, -0.2) is 31.4 Å². The normalized spacial score (nSPS) is 20.6. The number of aliphatic imine (C=N–C) groups is 1. The lowest BCUT2D eigenvalue weighted by atomic mass is 9.86. The van der Waals surface area contributed by atoms with Gasteiger partial charge in [0.25, 0.3) is 0 Å². The maximum Gasteiger partial charge on any atom is 0.305 e. The number of nitrogens with two attached hydrogens (primary N) is 1. The van der Waals surface area contributed by atoms with Crippen molar-refractivity contribution in [3.05, 3.63) is 0 Å². The minimum Gasteiger partial charge on any atom is -0.465 e. The maximum absolute atomic E-state index is 12.0. The van der Waals surface area contributed by atoms with Crippen molar-refractivity contribution >= 4 is 12.2 Å². The summed E-state index contributed by atoms with van der Waals surface area (Å²) in [6.45, 7) is 7.62. The summed E-state index contributed by atoms with van der Waals surface area (Å²) in [4.78, 5) is 16.8. The molecular weight excluding hydrogens is 348 g/mol. The number of unbranched alkanes of at least 4 members (excludes halogenated alkanes) is 8. The van der Waals surface area contributed by atoms with Gasteiger partial charge in [0.2, 0.25) is 0 Å². The first-order valence-corrected chi connectivity index (χ1v) is 11.9. The molecule has 1 aliphatic carbocycles. The van der Waals surface area contributed by atoms with Crippen molar-refractivity contribution in [1.82, 2.24) is 0 Å². The molecule has 28 heavy (non-hydrogen) atoms. The van der Waals surface area contributed by atoms with Crippen molar-refractivity contribution in [1.29, 1.82) is 0 Å². The molecule has 0 spiro atoms. The Hall–Kier alpha value is -0.900. The van der Waals surface area contributed by atoms with Gasteiger partial charge >= 0.3 is 5.97 Å². The van der Waals surface area contributed by atoms with E-state index in [1.54, 1.807) is 0 Å². The summed E-state index contributed by atoms with van der Waals surface area (Å²) in [5, 5.41) is 0. The van der Waals surface area contributed by atoms with E-state index in [1.165, 1.54) is 57.8 Å². The number of esters is 1. The van der Waals surface area contributed by atoms with Gasteiger partial charge in [0.05, 0.1) is 0 Å². The lowest BCUT2D eigenvalue weighted by molar-refractivity contribution is -0.145. The average Bonchev–Trinajstić information content (AvgIpc) is 2.70. The van der Waals surface area contributed by atoms with E-state index in [0.717, 1.165) is 32.2 Å². The molecule has 0 aromatic heterocycles. The van der Waals surface area contributed by atoms with Crippen LogP contribution in [0.1, 0.15) is 111 Å². The fraction of sp³-hybridized carbons (Fsp3) is 0.917. The number of ether oxygens (including phenoxy) is 1.